The first-order valence-corrected chi connectivity index (χ1v) is 6.21. The van der Waals surface area contributed by atoms with Crippen molar-refractivity contribution in [2.24, 2.45) is 0 Å². The van der Waals surface area contributed by atoms with E-state index in [1.807, 2.05) is 0 Å². The Kier molecular flexibility index (Phi) is 8.62. The Bertz CT molecular complexity index is 204. The van der Waals surface area contributed by atoms with Gasteiger partial charge in [-0.25, -0.2) is 4.90 Å². The molecular formula is C11H27N3O4. The van der Waals surface area contributed by atoms with Crippen LogP contribution in [0.5, 0.6) is 0 Å². The average Bonchev–Trinajstić information content (AvgIpc) is 2.20. The zero-order valence-electron chi connectivity index (χ0n) is 11.6. The maximum Gasteiger partial charge on any atom is 0.107 e. The van der Waals surface area contributed by atoms with Gasteiger partial charge >= 0.3 is 0 Å². The molecule has 0 spiro atoms. The predicted molar refractivity (Wildman–Crippen MR) is 68.1 cm³/mol. The van der Waals surface area contributed by atoms with Crippen molar-refractivity contribution in [3.05, 3.63) is 0 Å². The molecular weight excluding hydrogens is 238 g/mol. The number of nitrogens with zero attached hydrogens (tertiary/aromatic N) is 2. The van der Waals surface area contributed by atoms with Crippen LogP contribution in [0, 0.1) is 0 Å². The van der Waals surface area contributed by atoms with Gasteiger partial charge in [0, 0.05) is 13.1 Å². The third-order valence-corrected chi connectivity index (χ3v) is 2.67. The number of aliphatic hydroxyl groups is 4. The molecule has 0 amide bonds. The molecule has 0 aliphatic heterocycles. The fourth-order valence-electron chi connectivity index (χ4n) is 1.55. The van der Waals surface area contributed by atoms with E-state index in [2.05, 4.69) is 5.32 Å². The summed E-state index contributed by atoms with van der Waals surface area (Å²) in [5, 5.41) is 40.6. The van der Waals surface area contributed by atoms with E-state index in [1.165, 1.54) is 4.90 Å². The van der Waals surface area contributed by atoms with Gasteiger partial charge in [0.1, 0.15) is 24.9 Å². The Morgan fingerprint density at radius 3 is 1.72 bits per heavy atom. The first kappa shape index (κ1) is 17.7. The predicted octanol–water partition coefficient (Wildman–Crippen LogP) is -1.51. The molecule has 0 fully saturated rings. The van der Waals surface area contributed by atoms with Crippen molar-refractivity contribution in [1.29, 1.82) is 0 Å². The van der Waals surface area contributed by atoms with Gasteiger partial charge in [-0.3, -0.25) is 10.2 Å². The number of nitrogens with one attached hydrogen (secondary N) is 1. The molecule has 0 aliphatic rings. The van der Waals surface area contributed by atoms with Crippen LogP contribution in [0.25, 0.3) is 0 Å². The van der Waals surface area contributed by atoms with E-state index in [-0.39, 0.29) is 6.67 Å². The van der Waals surface area contributed by atoms with Gasteiger partial charge in [-0.15, -0.1) is 0 Å². The molecule has 7 nitrogen and oxygen atoms in total. The van der Waals surface area contributed by atoms with Crippen molar-refractivity contribution in [1.82, 2.24) is 15.1 Å². The lowest BCUT2D eigenvalue weighted by molar-refractivity contribution is -0.130. The molecule has 0 aromatic heterocycles. The molecule has 0 rings (SSSR count). The highest BCUT2D eigenvalue weighted by atomic mass is 16.3. The van der Waals surface area contributed by atoms with Gasteiger partial charge in [-0.1, -0.05) is 0 Å². The smallest absolute Gasteiger partial charge is 0.107 e. The lowest BCUT2D eigenvalue weighted by Crippen LogP contribution is -2.51. The van der Waals surface area contributed by atoms with Crippen LogP contribution < -0.4 is 5.32 Å². The largest absolute Gasteiger partial charge is 0.379 e. The molecule has 18 heavy (non-hydrogen) atoms. The first-order chi connectivity index (χ1) is 8.25. The molecule has 5 N–H and O–H groups in total. The van der Waals surface area contributed by atoms with Crippen LogP contribution in [0.3, 0.4) is 0 Å². The van der Waals surface area contributed by atoms with Gasteiger partial charge in [0.15, 0.2) is 0 Å². The Labute approximate surface area is 109 Å². The van der Waals surface area contributed by atoms with Crippen molar-refractivity contribution in [3.63, 3.8) is 0 Å². The van der Waals surface area contributed by atoms with Crippen molar-refractivity contribution < 1.29 is 20.4 Å². The van der Waals surface area contributed by atoms with Gasteiger partial charge in [-0.05, 0) is 27.7 Å². The van der Waals surface area contributed by atoms with Crippen LogP contribution >= 0.6 is 0 Å². The zero-order chi connectivity index (χ0) is 14.3. The minimum atomic E-state index is -0.809. The van der Waals surface area contributed by atoms with E-state index >= 15 is 0 Å². The minimum Gasteiger partial charge on any atom is -0.379 e. The van der Waals surface area contributed by atoms with Crippen LogP contribution in [-0.4, -0.2) is 74.9 Å². The molecule has 0 heterocycles. The highest BCUT2D eigenvalue weighted by Crippen LogP contribution is 2.05. The summed E-state index contributed by atoms with van der Waals surface area (Å²) >= 11 is 0. The summed E-state index contributed by atoms with van der Waals surface area (Å²) < 4.78 is 0. The Morgan fingerprint density at radius 2 is 1.39 bits per heavy atom. The summed E-state index contributed by atoms with van der Waals surface area (Å²) in [6.45, 7) is 7.56. The second-order valence-corrected chi connectivity index (χ2v) is 4.49. The maximum atomic E-state index is 9.64. The number of rotatable bonds is 9. The van der Waals surface area contributed by atoms with Crippen molar-refractivity contribution >= 4 is 0 Å². The van der Waals surface area contributed by atoms with Gasteiger partial charge < -0.3 is 20.4 Å². The average molecular weight is 265 g/mol. The van der Waals surface area contributed by atoms with Crippen LogP contribution in [0.15, 0.2) is 0 Å². The molecule has 0 aromatic carbocycles. The quantitative estimate of drug-likeness (QED) is 0.323. The van der Waals surface area contributed by atoms with Crippen LogP contribution in [-0.2, 0) is 0 Å². The molecule has 4 atom stereocenters. The molecule has 4 unspecified atom stereocenters. The lowest BCUT2D eigenvalue weighted by Gasteiger charge is -2.35. The molecule has 0 aliphatic carbocycles. The summed E-state index contributed by atoms with van der Waals surface area (Å²) in [5.41, 5.74) is 0. The summed E-state index contributed by atoms with van der Waals surface area (Å²) in [7, 11) is 0. The Balaban J connectivity index is 4.32. The lowest BCUT2D eigenvalue weighted by atomic mass is 10.4. The van der Waals surface area contributed by atoms with Crippen LogP contribution in [0.1, 0.15) is 27.7 Å². The molecule has 110 valence electrons. The third-order valence-electron chi connectivity index (χ3n) is 2.67. The van der Waals surface area contributed by atoms with E-state index in [4.69, 9.17) is 5.11 Å². The second kappa shape index (κ2) is 8.76. The highest BCUT2D eigenvalue weighted by Gasteiger charge is 2.21. The SMILES string of the molecule is CC(O)NCCN(CN(C(C)O)C(C)O)C(C)O. The van der Waals surface area contributed by atoms with Crippen molar-refractivity contribution in [2.45, 2.75) is 52.6 Å². The van der Waals surface area contributed by atoms with Gasteiger partial charge in [-0.2, -0.15) is 0 Å². The maximum absolute atomic E-state index is 9.64. The highest BCUT2D eigenvalue weighted by molar-refractivity contribution is 4.65. The van der Waals surface area contributed by atoms with Gasteiger partial charge in [0.05, 0.1) is 6.67 Å². The molecule has 7 heteroatoms. The first-order valence-electron chi connectivity index (χ1n) is 6.21. The van der Waals surface area contributed by atoms with E-state index in [0.29, 0.717) is 13.1 Å². The summed E-state index contributed by atoms with van der Waals surface area (Å²) in [4.78, 5) is 3.11. The number of hydrogen-bond acceptors (Lipinski definition) is 7. The van der Waals surface area contributed by atoms with Crippen molar-refractivity contribution in [3.8, 4) is 0 Å². The fourth-order valence-corrected chi connectivity index (χ4v) is 1.55. The zero-order valence-corrected chi connectivity index (χ0v) is 11.6. The van der Waals surface area contributed by atoms with Crippen LogP contribution in [0.4, 0.5) is 0 Å². The van der Waals surface area contributed by atoms with E-state index < -0.39 is 24.9 Å². The number of hydrogen-bond donors (Lipinski definition) is 5. The van der Waals surface area contributed by atoms with Crippen LogP contribution in [0.2, 0.25) is 0 Å². The monoisotopic (exact) mass is 265 g/mol. The number of aliphatic hydroxyl groups excluding tert-OH is 4. The molecule has 0 bridgehead atoms. The molecule has 0 aromatic rings. The second-order valence-electron chi connectivity index (χ2n) is 4.49. The van der Waals surface area contributed by atoms with E-state index in [1.54, 1.807) is 32.6 Å². The standard InChI is InChI=1S/C11H27N3O4/c1-8(15)12-5-6-13(9(2)16)7-14(10(3)17)11(4)18/h8-12,15-18H,5-7H2,1-4H3. The fraction of sp³-hybridized carbons (Fsp3) is 1.00. The summed E-state index contributed by atoms with van der Waals surface area (Å²) in [5.74, 6) is 0. The Morgan fingerprint density at radius 1 is 0.889 bits per heavy atom. The summed E-state index contributed by atoms with van der Waals surface area (Å²) in [6, 6.07) is 0. The van der Waals surface area contributed by atoms with Gasteiger partial charge in [0.25, 0.3) is 0 Å². The molecule has 0 saturated heterocycles. The van der Waals surface area contributed by atoms with E-state index in [9.17, 15) is 15.3 Å². The van der Waals surface area contributed by atoms with E-state index in [0.717, 1.165) is 0 Å². The normalized spacial score (nSPS) is 19.0. The topological polar surface area (TPSA) is 99.4 Å². The third kappa shape index (κ3) is 7.22. The van der Waals surface area contributed by atoms with Gasteiger partial charge in [0.2, 0.25) is 0 Å². The minimum absolute atomic E-state index is 0.231. The molecule has 0 radical (unpaired) electrons. The Hall–Kier alpha value is -0.280. The molecule has 0 saturated carbocycles. The van der Waals surface area contributed by atoms with Crippen molar-refractivity contribution in [2.75, 3.05) is 19.8 Å². The summed E-state index contributed by atoms with van der Waals surface area (Å²) in [6.07, 6.45) is -2.93.